The van der Waals surface area contributed by atoms with E-state index in [0.717, 1.165) is 30.7 Å². The number of benzene rings is 2. The molecule has 2 aromatic heterocycles. The Bertz CT molecular complexity index is 2000. The Balaban J connectivity index is 1.36. The number of halogens is 3. The number of nitriles is 1. The number of likely N-dealkylation sites (tertiary alicyclic amines) is 1. The second-order valence-electron chi connectivity index (χ2n) is 13.0. The Morgan fingerprint density at radius 2 is 2.08 bits per heavy atom. The highest BCUT2D eigenvalue weighted by atomic mass is 32.1. The van der Waals surface area contributed by atoms with Crippen molar-refractivity contribution in [1.82, 2.24) is 19.8 Å². The summed E-state index contributed by atoms with van der Waals surface area (Å²) in [6.45, 7) is 7.60. The molecule has 0 saturated carbocycles. The van der Waals surface area contributed by atoms with Crippen LogP contribution >= 0.6 is 11.3 Å². The minimum Gasteiger partial charge on any atom is -0.461 e. The van der Waals surface area contributed by atoms with Crippen LogP contribution in [0.2, 0.25) is 0 Å². The minimum absolute atomic E-state index is 0.0669. The molecule has 13 heteroatoms. The first-order valence-corrected chi connectivity index (χ1v) is 17.0. The van der Waals surface area contributed by atoms with E-state index in [1.54, 1.807) is 11.0 Å². The van der Waals surface area contributed by atoms with Crippen LogP contribution in [0.5, 0.6) is 6.01 Å². The lowest BCUT2D eigenvalue weighted by Crippen LogP contribution is -2.45. The Morgan fingerprint density at radius 1 is 1.27 bits per heavy atom. The first kappa shape index (κ1) is 32.2. The summed E-state index contributed by atoms with van der Waals surface area (Å²) >= 11 is 0.944. The summed E-state index contributed by atoms with van der Waals surface area (Å²) < 4.78 is 52.1. The summed E-state index contributed by atoms with van der Waals surface area (Å²) in [4.78, 5) is 28.1. The normalized spacial score (nSPS) is 23.9. The maximum absolute atomic E-state index is 16.3. The molecule has 0 bridgehead atoms. The Morgan fingerprint density at radius 3 is 2.83 bits per heavy atom. The van der Waals surface area contributed by atoms with E-state index in [9.17, 15) is 18.8 Å². The third-order valence-corrected chi connectivity index (χ3v) is 11.4. The Labute approximate surface area is 280 Å². The first-order chi connectivity index (χ1) is 23.1. The topological polar surface area (TPSA) is 112 Å². The number of carbonyl (C=O) groups excluding carboxylic acids is 1. The lowest BCUT2D eigenvalue weighted by Gasteiger charge is -2.34. The number of nitrogens with zero attached hydrogens (tertiary/aromatic N) is 6. The SMILES string of the molecule is C=CC(=O)N1CCC(N(C)c2nc(OCC34CCCN3CC(F)C4)nc3cc(-c4ccc(F)c5sc(N)c(C#N)c45)c(F)cc23)C1CC. The zero-order valence-corrected chi connectivity index (χ0v) is 27.6. The fourth-order valence-electron chi connectivity index (χ4n) is 8.15. The van der Waals surface area contributed by atoms with Crippen molar-refractivity contribution in [3.05, 3.63) is 54.1 Å². The number of nitrogen functional groups attached to an aromatic ring is 1. The number of carbonyl (C=O) groups is 1. The van der Waals surface area contributed by atoms with Gasteiger partial charge < -0.3 is 20.3 Å². The molecular weight excluding hydrogens is 639 g/mol. The second kappa shape index (κ2) is 12.2. The molecule has 0 spiro atoms. The van der Waals surface area contributed by atoms with E-state index in [0.29, 0.717) is 54.6 Å². The quantitative estimate of drug-likeness (QED) is 0.220. The van der Waals surface area contributed by atoms with Crippen LogP contribution in [0.4, 0.5) is 24.0 Å². The highest BCUT2D eigenvalue weighted by Gasteiger charge is 2.49. The van der Waals surface area contributed by atoms with Crippen LogP contribution in [0, 0.1) is 23.0 Å². The molecule has 7 rings (SSSR count). The molecular formula is C35H36F3N7O2S. The summed E-state index contributed by atoms with van der Waals surface area (Å²) in [5.41, 5.74) is 6.52. The van der Waals surface area contributed by atoms with Crippen molar-refractivity contribution in [2.24, 2.45) is 0 Å². The average Bonchev–Trinajstić information content (AvgIpc) is 3.83. The standard InChI is InChI=1S/C35H36F3N7O2S/c1-4-27-28(9-12-45(27)29(46)5-2)43(3)33-22-13-25(38)21(20-7-8-24(37)31-30(20)23(16-39)32(40)48-31)14-26(22)41-34(42-33)47-18-35-10-6-11-44(35)17-19(36)15-35/h5,7-8,13-14,19,27-28H,2,4,6,9-12,15,17-18,40H2,1,3H3. The second-order valence-corrected chi connectivity index (χ2v) is 14.0. The molecule has 4 aromatic rings. The predicted molar refractivity (Wildman–Crippen MR) is 181 cm³/mol. The van der Waals surface area contributed by atoms with Gasteiger partial charge in [0.1, 0.15) is 41.3 Å². The maximum Gasteiger partial charge on any atom is 0.319 e. The number of hydrogen-bond donors (Lipinski definition) is 1. The molecule has 2 aromatic carbocycles. The Hall–Kier alpha value is -4.41. The fourth-order valence-corrected chi connectivity index (χ4v) is 9.10. The summed E-state index contributed by atoms with van der Waals surface area (Å²) in [5, 5.41) is 10.7. The number of amides is 1. The lowest BCUT2D eigenvalue weighted by molar-refractivity contribution is -0.126. The molecule has 0 aliphatic carbocycles. The fraction of sp³-hybridized carbons (Fsp3) is 0.429. The number of thiophene rings is 1. The first-order valence-electron chi connectivity index (χ1n) is 16.2. The molecule has 3 aliphatic rings. The molecule has 5 heterocycles. The van der Waals surface area contributed by atoms with Gasteiger partial charge in [-0.15, -0.1) is 11.3 Å². The molecule has 4 unspecified atom stereocenters. The van der Waals surface area contributed by atoms with Crippen LogP contribution in [-0.4, -0.2) is 82.8 Å². The largest absolute Gasteiger partial charge is 0.461 e. The summed E-state index contributed by atoms with van der Waals surface area (Å²) in [5.74, 6) is -0.888. The van der Waals surface area contributed by atoms with Gasteiger partial charge in [0.05, 0.1) is 33.4 Å². The van der Waals surface area contributed by atoms with Gasteiger partial charge in [0.25, 0.3) is 0 Å². The number of likely N-dealkylation sites (N-methyl/N-ethyl adjacent to an activating group) is 1. The minimum atomic E-state index is -0.926. The molecule has 2 N–H and O–H groups in total. The zero-order valence-electron chi connectivity index (χ0n) is 26.8. The van der Waals surface area contributed by atoms with Crippen LogP contribution in [0.25, 0.3) is 32.1 Å². The molecule has 3 fully saturated rings. The molecule has 250 valence electrons. The van der Waals surface area contributed by atoms with Gasteiger partial charge in [-0.05, 0) is 62.1 Å². The third kappa shape index (κ3) is 5.13. The van der Waals surface area contributed by atoms with Crippen molar-refractivity contribution >= 4 is 49.1 Å². The summed E-state index contributed by atoms with van der Waals surface area (Å²) in [7, 11) is 1.87. The van der Waals surface area contributed by atoms with Crippen LogP contribution in [0.3, 0.4) is 0 Å². The van der Waals surface area contributed by atoms with Crippen molar-refractivity contribution in [3.63, 3.8) is 0 Å². The number of rotatable bonds is 8. The van der Waals surface area contributed by atoms with Gasteiger partial charge in [0.2, 0.25) is 5.91 Å². The van der Waals surface area contributed by atoms with E-state index in [4.69, 9.17) is 20.4 Å². The number of alkyl halides is 1. The van der Waals surface area contributed by atoms with E-state index in [2.05, 4.69) is 11.5 Å². The van der Waals surface area contributed by atoms with Gasteiger partial charge in [0, 0.05) is 42.9 Å². The predicted octanol–water partition coefficient (Wildman–Crippen LogP) is 6.20. The van der Waals surface area contributed by atoms with Crippen LogP contribution in [0.1, 0.15) is 44.6 Å². The molecule has 3 aliphatic heterocycles. The van der Waals surface area contributed by atoms with Crippen LogP contribution in [-0.2, 0) is 4.79 Å². The maximum atomic E-state index is 16.3. The molecule has 0 radical (unpaired) electrons. The van der Waals surface area contributed by atoms with E-state index >= 15 is 4.39 Å². The van der Waals surface area contributed by atoms with E-state index < -0.39 is 23.3 Å². The van der Waals surface area contributed by atoms with Crippen molar-refractivity contribution < 1.29 is 22.7 Å². The highest BCUT2D eigenvalue weighted by Crippen LogP contribution is 2.44. The Kier molecular flexibility index (Phi) is 8.20. The van der Waals surface area contributed by atoms with Crippen LogP contribution < -0.4 is 15.4 Å². The van der Waals surface area contributed by atoms with Gasteiger partial charge >= 0.3 is 6.01 Å². The number of hydrogen-bond acceptors (Lipinski definition) is 9. The number of ether oxygens (including phenoxy) is 1. The van der Waals surface area contributed by atoms with Gasteiger partial charge in [0.15, 0.2) is 0 Å². The van der Waals surface area contributed by atoms with Gasteiger partial charge in [-0.3, -0.25) is 9.69 Å². The smallest absolute Gasteiger partial charge is 0.319 e. The van der Waals surface area contributed by atoms with Crippen molar-refractivity contribution in [3.8, 4) is 23.2 Å². The van der Waals surface area contributed by atoms with E-state index in [1.165, 1.54) is 24.3 Å². The molecule has 48 heavy (non-hydrogen) atoms. The summed E-state index contributed by atoms with van der Waals surface area (Å²) in [6.07, 6.45) is 3.88. The number of anilines is 2. The molecule has 4 atom stereocenters. The van der Waals surface area contributed by atoms with Gasteiger partial charge in [-0.1, -0.05) is 19.6 Å². The van der Waals surface area contributed by atoms with E-state index in [-0.39, 0.29) is 56.8 Å². The average molecular weight is 676 g/mol. The van der Waals surface area contributed by atoms with Crippen molar-refractivity contribution in [1.29, 1.82) is 5.26 Å². The number of fused-ring (bicyclic) bond motifs is 3. The van der Waals surface area contributed by atoms with E-state index in [1.807, 2.05) is 24.9 Å². The van der Waals surface area contributed by atoms with Crippen LogP contribution in [0.15, 0.2) is 36.9 Å². The zero-order chi connectivity index (χ0) is 33.9. The molecule has 3 saturated heterocycles. The van der Waals surface area contributed by atoms with Crippen molar-refractivity contribution in [2.45, 2.75) is 62.8 Å². The van der Waals surface area contributed by atoms with Crippen molar-refractivity contribution in [2.75, 3.05) is 43.9 Å². The summed E-state index contributed by atoms with van der Waals surface area (Å²) in [6, 6.07) is 7.43. The molecule has 9 nitrogen and oxygen atoms in total. The number of aromatic nitrogens is 2. The van der Waals surface area contributed by atoms with Gasteiger partial charge in [-0.2, -0.15) is 15.2 Å². The monoisotopic (exact) mass is 675 g/mol. The third-order valence-electron chi connectivity index (χ3n) is 10.4. The molecule has 1 amide bonds. The highest BCUT2D eigenvalue weighted by molar-refractivity contribution is 7.23. The lowest BCUT2D eigenvalue weighted by atomic mass is 9.95. The van der Waals surface area contributed by atoms with Gasteiger partial charge in [-0.25, -0.2) is 13.2 Å². The number of nitrogens with two attached hydrogens (primary N) is 1.